The van der Waals surface area contributed by atoms with E-state index in [-0.39, 0.29) is 11.4 Å². The number of carboxylic acid groups (broad SMARTS) is 1. The van der Waals surface area contributed by atoms with Crippen LogP contribution in [0, 0.1) is 0 Å². The summed E-state index contributed by atoms with van der Waals surface area (Å²) >= 11 is 0. The van der Waals surface area contributed by atoms with Crippen molar-refractivity contribution in [3.8, 4) is 11.6 Å². The predicted molar refractivity (Wildman–Crippen MR) is 56.7 cm³/mol. The highest BCUT2D eigenvalue weighted by molar-refractivity contribution is 5.90. The van der Waals surface area contributed by atoms with E-state index < -0.39 is 5.97 Å². The summed E-state index contributed by atoms with van der Waals surface area (Å²) in [6.45, 7) is 0. The molecule has 0 amide bonds. The Morgan fingerprint density at radius 3 is 2.69 bits per heavy atom. The zero-order valence-corrected chi connectivity index (χ0v) is 8.62. The molecule has 0 saturated carbocycles. The predicted octanol–water partition coefficient (Wildman–Crippen LogP) is 1.91. The third-order valence-electron chi connectivity index (χ3n) is 2.07. The average Bonchev–Trinajstić information content (AvgIpc) is 2.62. The smallest absolute Gasteiger partial charge is 0.342 e. The highest BCUT2D eigenvalue weighted by atomic mass is 16.5. The maximum absolute atomic E-state index is 10.9. The van der Waals surface area contributed by atoms with Crippen molar-refractivity contribution in [2.45, 2.75) is 0 Å². The van der Waals surface area contributed by atoms with Crippen molar-refractivity contribution in [2.75, 3.05) is 0 Å². The van der Waals surface area contributed by atoms with Crippen molar-refractivity contribution in [3.63, 3.8) is 0 Å². The molecule has 5 heteroatoms. The second-order valence-corrected chi connectivity index (χ2v) is 3.21. The lowest BCUT2D eigenvalue weighted by Crippen LogP contribution is -2.01. The number of benzene rings is 1. The van der Waals surface area contributed by atoms with Crippen LogP contribution < -0.4 is 4.74 Å². The van der Waals surface area contributed by atoms with E-state index in [0.717, 1.165) is 0 Å². The number of nitrogens with zero attached hydrogens (tertiary/aromatic N) is 2. The van der Waals surface area contributed by atoms with Crippen LogP contribution in [0.1, 0.15) is 10.4 Å². The molecule has 0 aliphatic rings. The summed E-state index contributed by atoms with van der Waals surface area (Å²) in [6, 6.07) is 8.98. The summed E-state index contributed by atoms with van der Waals surface area (Å²) in [5.74, 6) is -0.258. The van der Waals surface area contributed by atoms with Gasteiger partial charge in [-0.2, -0.15) is 5.10 Å². The third-order valence-corrected chi connectivity index (χ3v) is 2.07. The molecule has 1 N–H and O–H groups in total. The van der Waals surface area contributed by atoms with Crippen LogP contribution in [0.3, 0.4) is 0 Å². The Hall–Kier alpha value is -2.30. The zero-order chi connectivity index (χ0) is 11.5. The normalized spacial score (nSPS) is 10.1. The fourth-order valence-electron chi connectivity index (χ4n) is 1.29. The van der Waals surface area contributed by atoms with Crippen LogP contribution in [0.25, 0.3) is 0 Å². The second kappa shape index (κ2) is 4.06. The number of ether oxygens (including phenoxy) is 1. The second-order valence-electron chi connectivity index (χ2n) is 3.21. The molecule has 0 bridgehead atoms. The van der Waals surface area contributed by atoms with Gasteiger partial charge in [0.25, 0.3) is 0 Å². The number of aromatic carboxylic acids is 1. The number of para-hydroxylation sites is 1. The van der Waals surface area contributed by atoms with Gasteiger partial charge in [0.2, 0.25) is 5.88 Å². The summed E-state index contributed by atoms with van der Waals surface area (Å²) in [6.07, 6.45) is 1.26. The first-order valence-corrected chi connectivity index (χ1v) is 4.66. The SMILES string of the molecule is Cn1ncc(C(=O)O)c1Oc1ccccc1. The van der Waals surface area contributed by atoms with Crippen LogP contribution in [0.5, 0.6) is 11.6 Å². The molecule has 5 nitrogen and oxygen atoms in total. The van der Waals surface area contributed by atoms with Crippen molar-refractivity contribution < 1.29 is 14.6 Å². The summed E-state index contributed by atoms with van der Waals surface area (Å²) in [4.78, 5) is 10.9. The lowest BCUT2D eigenvalue weighted by atomic mass is 10.3. The number of rotatable bonds is 3. The van der Waals surface area contributed by atoms with Crippen molar-refractivity contribution in [1.82, 2.24) is 9.78 Å². The van der Waals surface area contributed by atoms with Gasteiger partial charge in [-0.05, 0) is 12.1 Å². The standard InChI is InChI=1S/C11H10N2O3/c1-13-10(9(7-12-13)11(14)15)16-8-5-3-2-4-6-8/h2-7H,1H3,(H,14,15). The van der Waals surface area contributed by atoms with E-state index in [2.05, 4.69) is 5.10 Å². The molecule has 0 fully saturated rings. The fourth-order valence-corrected chi connectivity index (χ4v) is 1.29. The molecular formula is C11H10N2O3. The summed E-state index contributed by atoms with van der Waals surface area (Å²) in [5.41, 5.74) is 0.0475. The van der Waals surface area contributed by atoms with E-state index >= 15 is 0 Å². The van der Waals surface area contributed by atoms with Gasteiger partial charge in [-0.25, -0.2) is 9.48 Å². The topological polar surface area (TPSA) is 64.4 Å². The van der Waals surface area contributed by atoms with Gasteiger partial charge in [0.05, 0.1) is 6.20 Å². The Morgan fingerprint density at radius 1 is 1.38 bits per heavy atom. The summed E-state index contributed by atoms with van der Waals surface area (Å²) < 4.78 is 6.85. The molecule has 1 heterocycles. The molecule has 1 aromatic carbocycles. The van der Waals surface area contributed by atoms with Crippen LogP contribution >= 0.6 is 0 Å². The Bertz CT molecular complexity index is 505. The molecule has 0 aliphatic carbocycles. The molecule has 0 saturated heterocycles. The summed E-state index contributed by atoms with van der Waals surface area (Å²) in [5, 5.41) is 12.8. The van der Waals surface area contributed by atoms with Crippen LogP contribution in [-0.2, 0) is 7.05 Å². The highest BCUT2D eigenvalue weighted by Gasteiger charge is 2.16. The first-order chi connectivity index (χ1) is 7.68. The van der Waals surface area contributed by atoms with E-state index in [0.29, 0.717) is 5.75 Å². The Kier molecular flexibility index (Phi) is 2.59. The fraction of sp³-hybridized carbons (Fsp3) is 0.0909. The largest absolute Gasteiger partial charge is 0.477 e. The van der Waals surface area contributed by atoms with Gasteiger partial charge in [-0.3, -0.25) is 0 Å². The van der Waals surface area contributed by atoms with Gasteiger partial charge in [-0.15, -0.1) is 0 Å². The maximum atomic E-state index is 10.9. The Balaban J connectivity index is 2.34. The molecule has 0 atom stereocenters. The van der Waals surface area contributed by atoms with Crippen molar-refractivity contribution in [2.24, 2.45) is 7.05 Å². The monoisotopic (exact) mass is 218 g/mol. The van der Waals surface area contributed by atoms with Gasteiger partial charge in [0, 0.05) is 7.05 Å². The quantitative estimate of drug-likeness (QED) is 0.854. The minimum absolute atomic E-state index is 0.0475. The maximum Gasteiger partial charge on any atom is 0.342 e. The van der Waals surface area contributed by atoms with E-state index in [1.165, 1.54) is 10.9 Å². The van der Waals surface area contributed by atoms with Crippen molar-refractivity contribution >= 4 is 5.97 Å². The minimum atomic E-state index is -1.06. The van der Waals surface area contributed by atoms with Crippen molar-refractivity contribution in [1.29, 1.82) is 0 Å². The average molecular weight is 218 g/mol. The third kappa shape index (κ3) is 1.88. The number of carboxylic acids is 1. The van der Waals surface area contributed by atoms with Gasteiger partial charge < -0.3 is 9.84 Å². The van der Waals surface area contributed by atoms with Crippen LogP contribution in [0.4, 0.5) is 0 Å². The Morgan fingerprint density at radius 2 is 2.06 bits per heavy atom. The van der Waals surface area contributed by atoms with Crippen molar-refractivity contribution in [3.05, 3.63) is 42.1 Å². The molecule has 16 heavy (non-hydrogen) atoms. The zero-order valence-electron chi connectivity index (χ0n) is 8.62. The van der Waals surface area contributed by atoms with Gasteiger partial charge in [0.1, 0.15) is 11.3 Å². The Labute approximate surface area is 91.9 Å². The molecule has 0 aliphatic heterocycles. The lowest BCUT2D eigenvalue weighted by molar-refractivity contribution is 0.0694. The lowest BCUT2D eigenvalue weighted by Gasteiger charge is -2.06. The van der Waals surface area contributed by atoms with E-state index in [9.17, 15) is 4.79 Å². The van der Waals surface area contributed by atoms with E-state index in [1.54, 1.807) is 19.2 Å². The van der Waals surface area contributed by atoms with Gasteiger partial charge in [0.15, 0.2) is 0 Å². The number of hydrogen-bond acceptors (Lipinski definition) is 3. The van der Waals surface area contributed by atoms with Gasteiger partial charge >= 0.3 is 5.97 Å². The highest BCUT2D eigenvalue weighted by Crippen LogP contribution is 2.24. The molecular weight excluding hydrogens is 208 g/mol. The molecule has 82 valence electrons. The number of aromatic nitrogens is 2. The first kappa shape index (κ1) is 10.2. The molecule has 2 rings (SSSR count). The van der Waals surface area contributed by atoms with Crippen LogP contribution in [0.2, 0.25) is 0 Å². The number of aryl methyl sites for hydroxylation is 1. The molecule has 0 spiro atoms. The first-order valence-electron chi connectivity index (χ1n) is 4.66. The number of hydrogen-bond donors (Lipinski definition) is 1. The molecule has 0 radical (unpaired) electrons. The van der Waals surface area contributed by atoms with Crippen LogP contribution in [-0.4, -0.2) is 20.9 Å². The van der Waals surface area contributed by atoms with Crippen LogP contribution in [0.15, 0.2) is 36.5 Å². The molecule has 2 aromatic rings. The minimum Gasteiger partial charge on any atom is -0.477 e. The molecule has 0 unspecified atom stereocenters. The van der Waals surface area contributed by atoms with E-state index in [4.69, 9.17) is 9.84 Å². The molecule has 1 aromatic heterocycles. The van der Waals surface area contributed by atoms with E-state index in [1.807, 2.05) is 18.2 Å². The summed E-state index contributed by atoms with van der Waals surface area (Å²) in [7, 11) is 1.63. The number of carbonyl (C=O) groups is 1. The van der Waals surface area contributed by atoms with Gasteiger partial charge in [-0.1, -0.05) is 18.2 Å².